The number of benzene rings is 1. The molecule has 0 N–H and O–H groups in total. The smallest absolute Gasteiger partial charge is 0.239 e. The maximum absolute atomic E-state index is 12.5. The summed E-state index contributed by atoms with van der Waals surface area (Å²) >= 11 is 0. The minimum atomic E-state index is -0.0537. The van der Waals surface area contributed by atoms with E-state index >= 15 is 0 Å². The molecule has 0 bridgehead atoms. The summed E-state index contributed by atoms with van der Waals surface area (Å²) in [6.07, 6.45) is 2.27. The molecule has 2 aromatic rings. The van der Waals surface area contributed by atoms with Crippen LogP contribution in [-0.4, -0.2) is 40.9 Å². The Morgan fingerprint density at radius 3 is 2.95 bits per heavy atom. The first-order chi connectivity index (χ1) is 10.6. The molecular formula is C18H22N2O2. The van der Waals surface area contributed by atoms with E-state index < -0.39 is 0 Å². The molecular weight excluding hydrogens is 276 g/mol. The van der Waals surface area contributed by atoms with Crippen LogP contribution < -0.4 is 0 Å². The van der Waals surface area contributed by atoms with E-state index in [4.69, 9.17) is 4.42 Å². The van der Waals surface area contributed by atoms with E-state index in [0.29, 0.717) is 6.04 Å². The van der Waals surface area contributed by atoms with Crippen molar-refractivity contribution in [2.24, 2.45) is 0 Å². The van der Waals surface area contributed by atoms with Crippen molar-refractivity contribution in [1.82, 2.24) is 9.80 Å². The molecule has 2 fully saturated rings. The molecule has 22 heavy (non-hydrogen) atoms. The quantitative estimate of drug-likeness (QED) is 0.855. The predicted molar refractivity (Wildman–Crippen MR) is 85.6 cm³/mol. The van der Waals surface area contributed by atoms with E-state index in [-0.39, 0.29) is 11.9 Å². The zero-order valence-corrected chi connectivity index (χ0v) is 13.2. The molecule has 3 heterocycles. The topological polar surface area (TPSA) is 36.7 Å². The summed E-state index contributed by atoms with van der Waals surface area (Å²) in [4.78, 5) is 16.9. The Hall–Kier alpha value is -1.81. The Labute approximate surface area is 130 Å². The van der Waals surface area contributed by atoms with E-state index in [1.165, 1.54) is 10.9 Å². The normalized spacial score (nSPS) is 25.9. The zero-order chi connectivity index (χ0) is 15.3. The summed E-state index contributed by atoms with van der Waals surface area (Å²) < 4.78 is 6.03. The molecule has 2 saturated heterocycles. The second kappa shape index (κ2) is 5.13. The number of piperazine rings is 1. The number of nitrogens with zero attached hydrogens (tertiary/aromatic N) is 2. The highest BCUT2D eigenvalue weighted by atomic mass is 16.3. The standard InChI is InChI=1S/C18H22N2O2/c1-12-15-7-3-4-8-16(15)22-17(12)11-19-10-14-6-5-9-20(14)18(21)13(19)2/h3-4,7-8,13-14H,5-6,9-11H2,1-2H3/t13-,14+/m0/s1. The van der Waals surface area contributed by atoms with Gasteiger partial charge in [0.2, 0.25) is 5.91 Å². The fourth-order valence-electron chi connectivity index (χ4n) is 3.90. The van der Waals surface area contributed by atoms with Crippen LogP contribution in [0.3, 0.4) is 0 Å². The van der Waals surface area contributed by atoms with E-state index in [0.717, 1.165) is 43.8 Å². The Morgan fingerprint density at radius 2 is 2.14 bits per heavy atom. The van der Waals surface area contributed by atoms with Crippen molar-refractivity contribution in [3.8, 4) is 0 Å². The molecule has 1 amide bonds. The minimum absolute atomic E-state index is 0.0537. The summed E-state index contributed by atoms with van der Waals surface area (Å²) in [5.74, 6) is 1.27. The van der Waals surface area contributed by atoms with Gasteiger partial charge in [-0.3, -0.25) is 9.69 Å². The van der Waals surface area contributed by atoms with Gasteiger partial charge in [-0.25, -0.2) is 0 Å². The molecule has 0 saturated carbocycles. The van der Waals surface area contributed by atoms with Gasteiger partial charge in [0.1, 0.15) is 11.3 Å². The number of furan rings is 1. The predicted octanol–water partition coefficient (Wildman–Crippen LogP) is 2.94. The van der Waals surface area contributed by atoms with Crippen LogP contribution in [-0.2, 0) is 11.3 Å². The third kappa shape index (κ3) is 2.05. The fourth-order valence-corrected chi connectivity index (χ4v) is 3.90. The van der Waals surface area contributed by atoms with Crippen molar-refractivity contribution in [3.63, 3.8) is 0 Å². The lowest BCUT2D eigenvalue weighted by Crippen LogP contribution is -2.58. The third-order valence-corrected chi connectivity index (χ3v) is 5.30. The van der Waals surface area contributed by atoms with Crippen molar-refractivity contribution in [2.45, 2.75) is 45.3 Å². The van der Waals surface area contributed by atoms with Crippen molar-refractivity contribution in [1.29, 1.82) is 0 Å². The lowest BCUT2D eigenvalue weighted by atomic mass is 10.1. The van der Waals surface area contributed by atoms with E-state index in [1.807, 2.05) is 25.1 Å². The fraction of sp³-hybridized carbons (Fsp3) is 0.500. The molecule has 2 aliphatic rings. The van der Waals surface area contributed by atoms with E-state index in [1.54, 1.807) is 0 Å². The summed E-state index contributed by atoms with van der Waals surface area (Å²) in [5.41, 5.74) is 2.14. The molecule has 1 aromatic carbocycles. The Balaban J connectivity index is 1.61. The van der Waals surface area contributed by atoms with Crippen molar-refractivity contribution < 1.29 is 9.21 Å². The monoisotopic (exact) mass is 298 g/mol. The molecule has 0 aliphatic carbocycles. The number of carbonyl (C=O) groups is 1. The van der Waals surface area contributed by atoms with Gasteiger partial charge >= 0.3 is 0 Å². The lowest BCUT2D eigenvalue weighted by Gasteiger charge is -2.41. The van der Waals surface area contributed by atoms with Crippen molar-refractivity contribution >= 4 is 16.9 Å². The number of amides is 1. The van der Waals surface area contributed by atoms with Gasteiger partial charge in [0.05, 0.1) is 12.6 Å². The van der Waals surface area contributed by atoms with Gasteiger partial charge in [0.15, 0.2) is 0 Å². The first-order valence-electron chi connectivity index (χ1n) is 8.16. The van der Waals surface area contributed by atoms with Crippen LogP contribution in [0.1, 0.15) is 31.1 Å². The van der Waals surface area contributed by atoms with Gasteiger partial charge < -0.3 is 9.32 Å². The molecule has 4 rings (SSSR count). The number of para-hydroxylation sites is 1. The molecule has 4 nitrogen and oxygen atoms in total. The number of hydrogen-bond donors (Lipinski definition) is 0. The summed E-state index contributed by atoms with van der Waals surface area (Å²) in [6.45, 7) is 6.75. The number of aryl methyl sites for hydroxylation is 1. The summed E-state index contributed by atoms with van der Waals surface area (Å²) in [7, 11) is 0. The zero-order valence-electron chi connectivity index (χ0n) is 13.2. The van der Waals surface area contributed by atoms with Crippen LogP contribution in [0, 0.1) is 6.92 Å². The number of rotatable bonds is 2. The van der Waals surface area contributed by atoms with Gasteiger partial charge in [-0.2, -0.15) is 0 Å². The first-order valence-corrected chi connectivity index (χ1v) is 8.16. The second-order valence-corrected chi connectivity index (χ2v) is 6.58. The molecule has 4 heteroatoms. The molecule has 0 spiro atoms. The Kier molecular flexibility index (Phi) is 3.22. The highest BCUT2D eigenvalue weighted by Crippen LogP contribution is 2.30. The van der Waals surface area contributed by atoms with Crippen molar-refractivity contribution in [3.05, 3.63) is 35.6 Å². The average Bonchev–Trinajstić information content (AvgIpc) is 3.11. The maximum Gasteiger partial charge on any atom is 0.239 e. The molecule has 2 aliphatic heterocycles. The summed E-state index contributed by atoms with van der Waals surface area (Å²) in [6, 6.07) is 8.49. The van der Waals surface area contributed by atoms with Crippen LogP contribution in [0.25, 0.3) is 11.0 Å². The third-order valence-electron chi connectivity index (χ3n) is 5.30. The van der Waals surface area contributed by atoms with Crippen molar-refractivity contribution in [2.75, 3.05) is 13.1 Å². The van der Waals surface area contributed by atoms with Crippen LogP contribution in [0.5, 0.6) is 0 Å². The van der Waals surface area contributed by atoms with Gasteiger partial charge in [-0.1, -0.05) is 18.2 Å². The largest absolute Gasteiger partial charge is 0.459 e. The lowest BCUT2D eigenvalue weighted by molar-refractivity contribution is -0.143. The van der Waals surface area contributed by atoms with Crippen LogP contribution in [0.2, 0.25) is 0 Å². The Bertz CT molecular complexity index is 721. The van der Waals surface area contributed by atoms with Gasteiger partial charge in [-0.15, -0.1) is 0 Å². The van der Waals surface area contributed by atoms with Crippen LogP contribution in [0.4, 0.5) is 0 Å². The van der Waals surface area contributed by atoms with E-state index in [2.05, 4.69) is 22.8 Å². The number of carbonyl (C=O) groups excluding carboxylic acids is 1. The highest BCUT2D eigenvalue weighted by Gasteiger charge is 2.40. The molecule has 1 aromatic heterocycles. The van der Waals surface area contributed by atoms with Crippen LogP contribution >= 0.6 is 0 Å². The average molecular weight is 298 g/mol. The van der Waals surface area contributed by atoms with E-state index in [9.17, 15) is 4.79 Å². The molecule has 116 valence electrons. The number of fused-ring (bicyclic) bond motifs is 2. The van der Waals surface area contributed by atoms with Gasteiger partial charge in [0.25, 0.3) is 0 Å². The Morgan fingerprint density at radius 1 is 1.32 bits per heavy atom. The SMILES string of the molecule is Cc1c(CN2C[C@H]3CCCN3C(=O)[C@@H]2C)oc2ccccc12. The first kappa shape index (κ1) is 13.8. The summed E-state index contributed by atoms with van der Waals surface area (Å²) in [5, 5.41) is 1.18. The number of hydrogen-bond acceptors (Lipinski definition) is 3. The molecule has 0 unspecified atom stereocenters. The maximum atomic E-state index is 12.5. The minimum Gasteiger partial charge on any atom is -0.459 e. The molecule has 0 radical (unpaired) electrons. The highest BCUT2D eigenvalue weighted by molar-refractivity contribution is 5.83. The molecule has 2 atom stereocenters. The van der Waals surface area contributed by atoms with Gasteiger partial charge in [-0.05, 0) is 38.3 Å². The van der Waals surface area contributed by atoms with Gasteiger partial charge in [0, 0.05) is 24.5 Å². The van der Waals surface area contributed by atoms with Crippen LogP contribution in [0.15, 0.2) is 28.7 Å². The second-order valence-electron chi connectivity index (χ2n) is 6.58.